The van der Waals surface area contributed by atoms with E-state index >= 15 is 0 Å². The van der Waals surface area contributed by atoms with E-state index in [1.165, 1.54) is 42.9 Å². The summed E-state index contributed by atoms with van der Waals surface area (Å²) in [6.45, 7) is 5.79. The molecule has 1 N–H and O–H groups in total. The van der Waals surface area contributed by atoms with Crippen LogP contribution in [0, 0.1) is 0 Å². The second-order valence-electron chi connectivity index (χ2n) is 6.29. The highest BCUT2D eigenvalue weighted by Gasteiger charge is 2.24. The number of likely N-dealkylation sites (N-methyl/N-ethyl adjacent to an activating group) is 1. The molecule has 2 heterocycles. The molecule has 0 radical (unpaired) electrons. The average Bonchev–Trinajstić information content (AvgIpc) is 2.96. The van der Waals surface area contributed by atoms with Gasteiger partial charge in [-0.2, -0.15) is 4.31 Å². The minimum absolute atomic E-state index is 0.0459. The summed E-state index contributed by atoms with van der Waals surface area (Å²) in [5.41, 5.74) is 0.763. The zero-order valence-corrected chi connectivity index (χ0v) is 15.6. The molecule has 2 rings (SSSR count). The summed E-state index contributed by atoms with van der Waals surface area (Å²) in [4.78, 5) is 20.3. The lowest BCUT2D eigenvalue weighted by Crippen LogP contribution is -2.35. The number of hydrogen-bond donors (Lipinski definition) is 1. The Kier molecular flexibility index (Phi) is 5.36. The monoisotopic (exact) mass is 368 g/mol. The molecule has 0 spiro atoms. The first kappa shape index (κ1) is 18.5. The summed E-state index contributed by atoms with van der Waals surface area (Å²) in [5, 5.41) is 4.97. The second-order valence-corrected chi connectivity index (χ2v) is 9.19. The standard InChI is InChI=1S/C15H20N4O3S2/c1-15(2,3)12-10-23-14(17-12)18-13(20)9-19(4)24(21,22)11-6-5-7-16-8-11/h5-8,10H,9H2,1-4H3,(H,17,18,20). The van der Waals surface area contributed by atoms with Crippen LogP contribution in [0.3, 0.4) is 0 Å². The van der Waals surface area contributed by atoms with Gasteiger partial charge in [-0.25, -0.2) is 13.4 Å². The van der Waals surface area contributed by atoms with Gasteiger partial charge in [0.15, 0.2) is 5.13 Å². The summed E-state index contributed by atoms with van der Waals surface area (Å²) >= 11 is 1.31. The highest BCUT2D eigenvalue weighted by Crippen LogP contribution is 2.26. The topological polar surface area (TPSA) is 92.3 Å². The maximum absolute atomic E-state index is 12.3. The summed E-state index contributed by atoms with van der Waals surface area (Å²) in [6, 6.07) is 2.97. The molecule has 0 saturated carbocycles. The fourth-order valence-corrected chi connectivity index (χ4v) is 3.85. The first-order chi connectivity index (χ1) is 11.1. The van der Waals surface area contributed by atoms with E-state index in [1.807, 2.05) is 26.2 Å². The number of anilines is 1. The molecular formula is C15H20N4O3S2. The van der Waals surface area contributed by atoms with Crippen molar-refractivity contribution >= 4 is 32.4 Å². The fraction of sp³-hybridized carbons (Fsp3) is 0.400. The van der Waals surface area contributed by atoms with Crippen LogP contribution in [0.5, 0.6) is 0 Å². The summed E-state index contributed by atoms with van der Waals surface area (Å²) in [7, 11) is -2.40. The van der Waals surface area contributed by atoms with Gasteiger partial charge in [-0.3, -0.25) is 9.78 Å². The molecule has 0 saturated heterocycles. The summed E-state index contributed by atoms with van der Waals surface area (Å²) in [5.74, 6) is -0.445. The van der Waals surface area contributed by atoms with Gasteiger partial charge in [0, 0.05) is 30.2 Å². The van der Waals surface area contributed by atoms with Crippen LogP contribution in [0.15, 0.2) is 34.8 Å². The van der Waals surface area contributed by atoms with E-state index in [1.54, 1.807) is 0 Å². The smallest absolute Gasteiger partial charge is 0.244 e. The molecule has 0 fully saturated rings. The number of sulfonamides is 1. The molecule has 2 aromatic heterocycles. The maximum atomic E-state index is 12.3. The minimum atomic E-state index is -3.75. The molecule has 0 aromatic carbocycles. The van der Waals surface area contributed by atoms with E-state index in [4.69, 9.17) is 0 Å². The molecule has 130 valence electrons. The average molecular weight is 368 g/mol. The Morgan fingerprint density at radius 3 is 2.62 bits per heavy atom. The van der Waals surface area contributed by atoms with Crippen molar-refractivity contribution in [3.63, 3.8) is 0 Å². The Bertz CT molecular complexity index is 811. The van der Waals surface area contributed by atoms with Crippen molar-refractivity contribution < 1.29 is 13.2 Å². The van der Waals surface area contributed by atoms with Gasteiger partial charge in [0.25, 0.3) is 0 Å². The number of aromatic nitrogens is 2. The highest BCUT2D eigenvalue weighted by molar-refractivity contribution is 7.89. The normalized spacial score (nSPS) is 12.4. The molecule has 0 aliphatic heterocycles. The summed E-state index contributed by atoms with van der Waals surface area (Å²) in [6.07, 6.45) is 2.74. The quantitative estimate of drug-likeness (QED) is 0.872. The molecule has 1 amide bonds. The van der Waals surface area contributed by atoms with Crippen molar-refractivity contribution in [3.05, 3.63) is 35.6 Å². The first-order valence-electron chi connectivity index (χ1n) is 7.23. The van der Waals surface area contributed by atoms with Crippen LogP contribution in [-0.4, -0.2) is 42.2 Å². The van der Waals surface area contributed by atoms with Crippen LogP contribution in [0.1, 0.15) is 26.5 Å². The molecule has 0 atom stereocenters. The van der Waals surface area contributed by atoms with Crippen molar-refractivity contribution in [2.24, 2.45) is 0 Å². The lowest BCUT2D eigenvalue weighted by atomic mass is 9.93. The number of carbonyl (C=O) groups is 1. The third-order valence-corrected chi connectivity index (χ3v) is 5.77. The Labute approximate surface area is 145 Å². The summed E-state index contributed by atoms with van der Waals surface area (Å²) < 4.78 is 25.7. The molecule has 0 aliphatic rings. The van der Waals surface area contributed by atoms with Crippen LogP contribution in [0.2, 0.25) is 0 Å². The number of rotatable bonds is 5. The Morgan fingerprint density at radius 1 is 1.38 bits per heavy atom. The Morgan fingerprint density at radius 2 is 2.08 bits per heavy atom. The lowest BCUT2D eigenvalue weighted by Gasteiger charge is -2.16. The number of nitrogens with one attached hydrogen (secondary N) is 1. The zero-order valence-electron chi connectivity index (χ0n) is 14.0. The van der Waals surface area contributed by atoms with Gasteiger partial charge < -0.3 is 5.32 Å². The number of amides is 1. The molecule has 9 heteroatoms. The number of pyridine rings is 1. The molecule has 0 unspecified atom stereocenters. The van der Waals surface area contributed by atoms with E-state index in [0.29, 0.717) is 5.13 Å². The maximum Gasteiger partial charge on any atom is 0.244 e. The van der Waals surface area contributed by atoms with Crippen molar-refractivity contribution in [2.45, 2.75) is 31.1 Å². The van der Waals surface area contributed by atoms with E-state index in [-0.39, 0.29) is 16.9 Å². The van der Waals surface area contributed by atoms with E-state index in [2.05, 4.69) is 15.3 Å². The first-order valence-corrected chi connectivity index (χ1v) is 9.55. The van der Waals surface area contributed by atoms with Crippen molar-refractivity contribution in [1.29, 1.82) is 0 Å². The highest BCUT2D eigenvalue weighted by atomic mass is 32.2. The van der Waals surface area contributed by atoms with Crippen LogP contribution < -0.4 is 5.32 Å². The van der Waals surface area contributed by atoms with Crippen LogP contribution >= 0.6 is 11.3 Å². The number of thiazole rings is 1. The van der Waals surface area contributed by atoms with Crippen LogP contribution in [0.4, 0.5) is 5.13 Å². The minimum Gasteiger partial charge on any atom is -0.301 e. The lowest BCUT2D eigenvalue weighted by molar-refractivity contribution is -0.116. The third kappa shape index (κ3) is 4.37. The van der Waals surface area contributed by atoms with Gasteiger partial charge in [0.2, 0.25) is 15.9 Å². The number of hydrogen-bond acceptors (Lipinski definition) is 6. The van der Waals surface area contributed by atoms with E-state index < -0.39 is 15.9 Å². The van der Waals surface area contributed by atoms with Crippen LogP contribution in [-0.2, 0) is 20.2 Å². The van der Waals surface area contributed by atoms with Gasteiger partial charge in [-0.15, -0.1) is 11.3 Å². The van der Waals surface area contributed by atoms with Crippen molar-refractivity contribution in [1.82, 2.24) is 14.3 Å². The largest absolute Gasteiger partial charge is 0.301 e. The van der Waals surface area contributed by atoms with Gasteiger partial charge in [-0.1, -0.05) is 20.8 Å². The molecule has 7 nitrogen and oxygen atoms in total. The van der Waals surface area contributed by atoms with Crippen molar-refractivity contribution in [3.8, 4) is 0 Å². The molecule has 0 bridgehead atoms. The fourth-order valence-electron chi connectivity index (χ4n) is 1.80. The van der Waals surface area contributed by atoms with Gasteiger partial charge in [0.1, 0.15) is 4.90 Å². The Balaban J connectivity index is 2.03. The Hall–Kier alpha value is -1.84. The molecule has 0 aliphatic carbocycles. The molecule has 2 aromatic rings. The zero-order chi connectivity index (χ0) is 18.0. The van der Waals surface area contributed by atoms with Crippen molar-refractivity contribution in [2.75, 3.05) is 18.9 Å². The van der Waals surface area contributed by atoms with E-state index in [9.17, 15) is 13.2 Å². The third-order valence-electron chi connectivity index (χ3n) is 3.23. The van der Waals surface area contributed by atoms with Gasteiger partial charge in [-0.05, 0) is 12.1 Å². The molecular weight excluding hydrogens is 348 g/mol. The predicted molar refractivity (Wildman–Crippen MR) is 93.5 cm³/mol. The SMILES string of the molecule is CN(CC(=O)Nc1nc(C(C)(C)C)cs1)S(=O)(=O)c1cccnc1. The van der Waals surface area contributed by atoms with Gasteiger partial charge >= 0.3 is 0 Å². The molecule has 24 heavy (non-hydrogen) atoms. The van der Waals surface area contributed by atoms with E-state index in [0.717, 1.165) is 10.00 Å². The predicted octanol–water partition coefficient (Wildman–Crippen LogP) is 2.09. The second kappa shape index (κ2) is 6.96. The number of nitrogens with zero attached hydrogens (tertiary/aromatic N) is 3. The van der Waals surface area contributed by atoms with Crippen LogP contribution in [0.25, 0.3) is 0 Å². The number of carbonyl (C=O) groups excluding carboxylic acids is 1. The van der Waals surface area contributed by atoms with Gasteiger partial charge in [0.05, 0.1) is 12.2 Å².